The molecule has 0 saturated heterocycles. The van der Waals surface area contributed by atoms with E-state index in [-0.39, 0.29) is 23.9 Å². The van der Waals surface area contributed by atoms with Crippen LogP contribution in [0, 0.1) is 11.6 Å². The van der Waals surface area contributed by atoms with Crippen LogP contribution in [0.2, 0.25) is 0 Å². The number of nitrogens with two attached hydrogens (primary N) is 1. The van der Waals surface area contributed by atoms with Gasteiger partial charge in [0, 0.05) is 5.69 Å². The first kappa shape index (κ1) is 15.6. The summed E-state index contributed by atoms with van der Waals surface area (Å²) in [4.78, 5) is 12.2. The second kappa shape index (κ2) is 6.45. The minimum Gasteiger partial charge on any atom is -0.382 e. The molecule has 0 fully saturated rings. The van der Waals surface area contributed by atoms with Crippen LogP contribution in [0.4, 0.5) is 20.3 Å². The summed E-state index contributed by atoms with van der Waals surface area (Å²) < 4.78 is 27.4. The number of halogens is 2. The van der Waals surface area contributed by atoms with E-state index in [1.165, 1.54) is 41.1 Å². The SMILES string of the molecule is Nc1c(C(=O)Nc2ccc(F)cc2)nnn1Cc1cccc(F)c1. The first-order valence-corrected chi connectivity index (χ1v) is 7.03. The molecule has 0 saturated carbocycles. The van der Waals surface area contributed by atoms with Crippen molar-refractivity contribution in [2.75, 3.05) is 11.1 Å². The first-order valence-electron chi connectivity index (χ1n) is 7.03. The van der Waals surface area contributed by atoms with Crippen molar-refractivity contribution < 1.29 is 13.6 Å². The lowest BCUT2D eigenvalue weighted by Gasteiger charge is -2.05. The van der Waals surface area contributed by atoms with Gasteiger partial charge in [-0.1, -0.05) is 17.3 Å². The van der Waals surface area contributed by atoms with Crippen molar-refractivity contribution in [3.05, 3.63) is 71.4 Å². The molecule has 6 nitrogen and oxygen atoms in total. The van der Waals surface area contributed by atoms with Crippen molar-refractivity contribution in [2.45, 2.75) is 6.54 Å². The molecular weight excluding hydrogens is 316 g/mol. The third-order valence-corrected chi connectivity index (χ3v) is 3.31. The quantitative estimate of drug-likeness (QED) is 0.770. The standard InChI is InChI=1S/C16H13F2N5O/c17-11-4-6-13(7-5-11)20-16(24)14-15(19)23(22-21-14)9-10-2-1-3-12(18)8-10/h1-8H,9,19H2,(H,20,24). The molecule has 0 unspecified atom stereocenters. The van der Waals surface area contributed by atoms with Crippen molar-refractivity contribution in [1.29, 1.82) is 0 Å². The first-order chi connectivity index (χ1) is 11.5. The number of aromatic nitrogens is 3. The smallest absolute Gasteiger partial charge is 0.280 e. The molecule has 1 heterocycles. The molecule has 0 aliphatic carbocycles. The van der Waals surface area contributed by atoms with Gasteiger partial charge in [-0.15, -0.1) is 5.10 Å². The molecule has 3 aromatic rings. The molecular formula is C16H13F2N5O. The lowest BCUT2D eigenvalue weighted by atomic mass is 10.2. The number of nitrogens with one attached hydrogen (secondary N) is 1. The van der Waals surface area contributed by atoms with E-state index in [0.717, 1.165) is 0 Å². The number of amides is 1. The normalized spacial score (nSPS) is 10.6. The molecule has 3 rings (SSSR count). The maximum Gasteiger partial charge on any atom is 0.280 e. The Morgan fingerprint density at radius 3 is 2.58 bits per heavy atom. The molecule has 3 N–H and O–H groups in total. The molecule has 122 valence electrons. The summed E-state index contributed by atoms with van der Waals surface area (Å²) in [5.74, 6) is -1.29. The predicted octanol–water partition coefficient (Wildman–Crippen LogP) is 2.44. The van der Waals surface area contributed by atoms with Crippen LogP contribution in [0.5, 0.6) is 0 Å². The van der Waals surface area contributed by atoms with Crippen LogP contribution >= 0.6 is 0 Å². The highest BCUT2D eigenvalue weighted by molar-refractivity contribution is 6.05. The zero-order valence-corrected chi connectivity index (χ0v) is 12.4. The van der Waals surface area contributed by atoms with Crippen molar-refractivity contribution in [3.8, 4) is 0 Å². The molecule has 0 spiro atoms. The van der Waals surface area contributed by atoms with Gasteiger partial charge in [0.1, 0.15) is 11.6 Å². The molecule has 24 heavy (non-hydrogen) atoms. The monoisotopic (exact) mass is 329 g/mol. The summed E-state index contributed by atoms with van der Waals surface area (Å²) in [5.41, 5.74) is 6.87. The largest absolute Gasteiger partial charge is 0.382 e. The van der Waals surface area contributed by atoms with Gasteiger partial charge in [0.25, 0.3) is 5.91 Å². The fraction of sp³-hybridized carbons (Fsp3) is 0.0625. The van der Waals surface area contributed by atoms with E-state index in [4.69, 9.17) is 5.73 Å². The Kier molecular flexibility index (Phi) is 4.19. The number of carbonyl (C=O) groups is 1. The van der Waals surface area contributed by atoms with Gasteiger partial charge in [-0.25, -0.2) is 13.5 Å². The molecule has 0 aliphatic heterocycles. The van der Waals surface area contributed by atoms with Crippen molar-refractivity contribution in [1.82, 2.24) is 15.0 Å². The molecule has 0 radical (unpaired) electrons. The lowest BCUT2D eigenvalue weighted by Crippen LogP contribution is -2.15. The van der Waals surface area contributed by atoms with Gasteiger partial charge in [-0.3, -0.25) is 4.79 Å². The average molecular weight is 329 g/mol. The van der Waals surface area contributed by atoms with Crippen LogP contribution in [0.3, 0.4) is 0 Å². The number of hydrogen-bond donors (Lipinski definition) is 2. The fourth-order valence-corrected chi connectivity index (χ4v) is 2.13. The van der Waals surface area contributed by atoms with E-state index in [9.17, 15) is 13.6 Å². The average Bonchev–Trinajstić information content (AvgIpc) is 2.91. The Bertz CT molecular complexity index is 876. The van der Waals surface area contributed by atoms with E-state index in [0.29, 0.717) is 11.3 Å². The van der Waals surface area contributed by atoms with Crippen LogP contribution in [0.1, 0.15) is 16.1 Å². The van der Waals surface area contributed by atoms with Gasteiger partial charge < -0.3 is 11.1 Å². The minimum atomic E-state index is -0.565. The fourth-order valence-electron chi connectivity index (χ4n) is 2.13. The Labute approximate surface area is 135 Å². The second-order valence-corrected chi connectivity index (χ2v) is 5.07. The van der Waals surface area contributed by atoms with Crippen molar-refractivity contribution >= 4 is 17.4 Å². The summed E-state index contributed by atoms with van der Waals surface area (Å²) in [6.07, 6.45) is 0. The van der Waals surface area contributed by atoms with Gasteiger partial charge in [-0.05, 0) is 42.0 Å². The zero-order chi connectivity index (χ0) is 17.1. The van der Waals surface area contributed by atoms with Crippen LogP contribution < -0.4 is 11.1 Å². The van der Waals surface area contributed by atoms with Gasteiger partial charge in [0.15, 0.2) is 11.5 Å². The Hall–Kier alpha value is -3.29. The van der Waals surface area contributed by atoms with Crippen LogP contribution in [-0.4, -0.2) is 20.9 Å². The van der Waals surface area contributed by atoms with Gasteiger partial charge in [0.05, 0.1) is 6.54 Å². The van der Waals surface area contributed by atoms with Crippen LogP contribution in [0.15, 0.2) is 48.5 Å². The van der Waals surface area contributed by atoms with Gasteiger partial charge in [0.2, 0.25) is 0 Å². The molecule has 1 amide bonds. The lowest BCUT2D eigenvalue weighted by molar-refractivity contribution is 0.102. The third kappa shape index (κ3) is 3.37. The van der Waals surface area contributed by atoms with E-state index in [2.05, 4.69) is 15.6 Å². The summed E-state index contributed by atoms with van der Waals surface area (Å²) >= 11 is 0. The minimum absolute atomic E-state index is 0.0545. The van der Waals surface area contributed by atoms with E-state index in [1.54, 1.807) is 12.1 Å². The zero-order valence-electron chi connectivity index (χ0n) is 12.4. The van der Waals surface area contributed by atoms with E-state index < -0.39 is 11.7 Å². The Morgan fingerprint density at radius 1 is 1.12 bits per heavy atom. The number of hydrogen-bond acceptors (Lipinski definition) is 4. The number of nitrogen functional groups attached to an aromatic ring is 1. The van der Waals surface area contributed by atoms with Crippen molar-refractivity contribution in [3.63, 3.8) is 0 Å². The Balaban J connectivity index is 1.76. The summed E-state index contributed by atoms with van der Waals surface area (Å²) in [7, 11) is 0. The maximum atomic E-state index is 13.2. The third-order valence-electron chi connectivity index (χ3n) is 3.31. The molecule has 0 atom stereocenters. The van der Waals surface area contributed by atoms with Crippen LogP contribution in [-0.2, 0) is 6.54 Å². The molecule has 2 aromatic carbocycles. The van der Waals surface area contributed by atoms with E-state index >= 15 is 0 Å². The summed E-state index contributed by atoms with van der Waals surface area (Å²) in [6, 6.07) is 11.2. The molecule has 0 aliphatic rings. The van der Waals surface area contributed by atoms with Crippen molar-refractivity contribution in [2.24, 2.45) is 0 Å². The highest BCUT2D eigenvalue weighted by Crippen LogP contribution is 2.15. The molecule has 0 bridgehead atoms. The summed E-state index contributed by atoms with van der Waals surface area (Å²) in [6.45, 7) is 0.181. The van der Waals surface area contributed by atoms with Crippen LogP contribution in [0.25, 0.3) is 0 Å². The number of anilines is 2. The number of carbonyl (C=O) groups excluding carboxylic acids is 1. The van der Waals surface area contributed by atoms with Gasteiger partial charge >= 0.3 is 0 Å². The number of nitrogens with zero attached hydrogens (tertiary/aromatic N) is 3. The second-order valence-electron chi connectivity index (χ2n) is 5.07. The molecule has 8 heteroatoms. The van der Waals surface area contributed by atoms with E-state index in [1.807, 2.05) is 0 Å². The topological polar surface area (TPSA) is 85.8 Å². The van der Waals surface area contributed by atoms with Gasteiger partial charge in [-0.2, -0.15) is 0 Å². The number of rotatable bonds is 4. The predicted molar refractivity (Wildman–Crippen MR) is 84.3 cm³/mol. The highest BCUT2D eigenvalue weighted by atomic mass is 19.1. The number of benzene rings is 2. The molecule has 1 aromatic heterocycles. The highest BCUT2D eigenvalue weighted by Gasteiger charge is 2.18. The Morgan fingerprint density at radius 2 is 1.88 bits per heavy atom. The maximum absolute atomic E-state index is 13.2. The summed E-state index contributed by atoms with van der Waals surface area (Å²) in [5, 5.41) is 10.1.